The largest absolute Gasteiger partial charge is 0.481 e. The number of alkyl halides is 6. The molecule has 320 valence electrons. The summed E-state index contributed by atoms with van der Waals surface area (Å²) in [5.74, 6) is -11.3. The molecule has 0 spiro atoms. The molecule has 0 aromatic heterocycles. The van der Waals surface area contributed by atoms with E-state index in [1.807, 2.05) is 0 Å². The molecule has 7 N–H and O–H groups in total. The van der Waals surface area contributed by atoms with Gasteiger partial charge < -0.3 is 35.7 Å². The van der Waals surface area contributed by atoms with Crippen LogP contribution in [0.25, 0.3) is 0 Å². The molecule has 0 heterocycles. The van der Waals surface area contributed by atoms with Gasteiger partial charge in [-0.25, -0.2) is 15.3 Å². The molecule has 4 aliphatic rings. The van der Waals surface area contributed by atoms with Gasteiger partial charge in [-0.3, -0.25) is 24.0 Å². The van der Waals surface area contributed by atoms with Crippen molar-refractivity contribution < 1.29 is 90.5 Å². The molecule has 0 aromatic carbocycles. The van der Waals surface area contributed by atoms with Gasteiger partial charge >= 0.3 is 36.2 Å². The van der Waals surface area contributed by atoms with Crippen LogP contribution in [0.3, 0.4) is 0 Å². The fourth-order valence-corrected chi connectivity index (χ4v) is 8.91. The van der Waals surface area contributed by atoms with E-state index in [2.05, 4.69) is 15.7 Å². The third-order valence-corrected chi connectivity index (χ3v) is 12.4. The van der Waals surface area contributed by atoms with Crippen molar-refractivity contribution in [1.82, 2.24) is 10.8 Å². The summed E-state index contributed by atoms with van der Waals surface area (Å²) in [6.45, 7) is -3.82. The van der Waals surface area contributed by atoms with Gasteiger partial charge in [-0.2, -0.15) is 26.3 Å². The maximum atomic E-state index is 14.3. The molecule has 56 heavy (non-hydrogen) atoms. The van der Waals surface area contributed by atoms with Crippen molar-refractivity contribution in [2.24, 2.45) is 46.8 Å². The zero-order valence-electron chi connectivity index (χ0n) is 30.4. The fraction of sp³-hybridized carbons (Fsp3) is 0.857. The minimum Gasteiger partial charge on any atom is -0.481 e. The van der Waals surface area contributed by atoms with Gasteiger partial charge in [0.2, 0.25) is 11.3 Å². The quantitative estimate of drug-likeness (QED) is 0.0630. The Bertz CT molecular complexity index is 1370. The Kier molecular flexibility index (Phi) is 15.4. The molecule has 7 atom stereocenters. The lowest BCUT2D eigenvalue weighted by molar-refractivity contribution is -0.415. The Morgan fingerprint density at radius 2 is 1.12 bits per heavy atom. The van der Waals surface area contributed by atoms with Crippen molar-refractivity contribution in [3.63, 3.8) is 0 Å². The van der Waals surface area contributed by atoms with Crippen molar-refractivity contribution in [3.8, 4) is 0 Å². The van der Waals surface area contributed by atoms with Crippen LogP contribution < -0.4 is 10.8 Å². The third kappa shape index (κ3) is 10.8. The molecular weight excluding hydrogens is 770 g/mol. The number of carbonyl (C=O) groups excluding carboxylic acids is 1. The number of carbonyl (C=O) groups is 5. The van der Waals surface area contributed by atoms with Crippen LogP contribution in [0, 0.1) is 46.8 Å². The van der Waals surface area contributed by atoms with E-state index in [9.17, 15) is 75.9 Å². The molecule has 0 radical (unpaired) electrons. The van der Waals surface area contributed by atoms with E-state index in [4.69, 9.17) is 9.62 Å². The lowest BCUT2D eigenvalue weighted by atomic mass is 9.66. The average Bonchev–Trinajstić information content (AvgIpc) is 3.13. The first-order chi connectivity index (χ1) is 26.2. The van der Waals surface area contributed by atoms with Gasteiger partial charge in [-0.1, -0.05) is 0 Å². The predicted octanol–water partition coefficient (Wildman–Crippen LogP) is 4.80. The topological polar surface area (TPSA) is 238 Å². The number of hydrogen-bond acceptors (Lipinski definition) is 10. The highest BCUT2D eigenvalue weighted by Gasteiger charge is 2.71. The van der Waals surface area contributed by atoms with Crippen molar-refractivity contribution >= 4 is 29.8 Å². The number of ether oxygens (including phenoxy) is 1. The van der Waals surface area contributed by atoms with Crippen LogP contribution in [-0.4, -0.2) is 105 Å². The predicted molar refractivity (Wildman–Crippen MR) is 175 cm³/mol. The van der Waals surface area contributed by atoms with Crippen molar-refractivity contribution in [2.75, 3.05) is 13.2 Å². The molecule has 4 aliphatic carbocycles. The smallest absolute Gasteiger partial charge is 0.407 e. The van der Waals surface area contributed by atoms with Crippen LogP contribution in [0.1, 0.15) is 89.9 Å². The molecule has 0 saturated heterocycles. The van der Waals surface area contributed by atoms with Gasteiger partial charge in [0, 0.05) is 12.1 Å². The number of aliphatic carboxylic acids is 4. The van der Waals surface area contributed by atoms with Gasteiger partial charge in [0.05, 0.1) is 48.4 Å². The molecule has 4 saturated carbocycles. The Morgan fingerprint density at radius 1 is 0.607 bits per heavy atom. The monoisotopic (exact) mass is 820 g/mol. The molecule has 0 aliphatic heterocycles. The maximum absolute atomic E-state index is 14.3. The summed E-state index contributed by atoms with van der Waals surface area (Å²) in [4.78, 5) is 69.4. The number of carboxylic acid groups (broad SMARTS) is 4. The highest BCUT2D eigenvalue weighted by atomic mass is 19.4. The Labute approximate surface area is 317 Å². The molecule has 4 rings (SSSR count). The van der Waals surface area contributed by atoms with E-state index in [0.717, 1.165) is 0 Å². The molecule has 7 unspecified atom stereocenters. The Hall–Kier alpha value is -3.27. The zero-order chi connectivity index (χ0) is 41.6. The van der Waals surface area contributed by atoms with Gasteiger partial charge in [0.25, 0.3) is 0 Å². The van der Waals surface area contributed by atoms with Gasteiger partial charge in [0.1, 0.15) is 6.61 Å². The number of amides is 1. The fourth-order valence-electron chi connectivity index (χ4n) is 8.91. The van der Waals surface area contributed by atoms with Crippen LogP contribution in [0.2, 0.25) is 0 Å². The molecule has 15 nitrogen and oxygen atoms in total. The van der Waals surface area contributed by atoms with Crippen molar-refractivity contribution in [3.05, 3.63) is 0 Å². The summed E-state index contributed by atoms with van der Waals surface area (Å²) in [5.41, 5.74) is -2.35. The first kappa shape index (κ1) is 45.4. The lowest BCUT2D eigenvalue weighted by Crippen LogP contribution is -2.57. The van der Waals surface area contributed by atoms with E-state index in [-0.39, 0.29) is 89.9 Å². The van der Waals surface area contributed by atoms with E-state index in [1.165, 1.54) is 0 Å². The highest BCUT2D eigenvalue weighted by molar-refractivity contribution is 5.86. The second-order valence-corrected chi connectivity index (χ2v) is 15.8. The normalized spacial score (nSPS) is 32.6. The van der Waals surface area contributed by atoms with Gasteiger partial charge in [-0.05, 0) is 102 Å². The third-order valence-electron chi connectivity index (χ3n) is 12.4. The van der Waals surface area contributed by atoms with Gasteiger partial charge in [-0.15, -0.1) is 0 Å². The van der Waals surface area contributed by atoms with Crippen molar-refractivity contribution in [2.45, 2.75) is 127 Å². The minimum atomic E-state index is -5.89. The molecule has 21 heteroatoms. The van der Waals surface area contributed by atoms with Crippen LogP contribution in [-0.2, 0) is 38.5 Å². The lowest BCUT2D eigenvalue weighted by Gasteiger charge is -2.42. The summed E-state index contributed by atoms with van der Waals surface area (Å²) in [5, 5.41) is 50.7. The number of hydroxylamine groups is 1. The van der Waals surface area contributed by atoms with Gasteiger partial charge in [0.15, 0.2) is 0 Å². The Morgan fingerprint density at radius 3 is 1.62 bits per heavy atom. The summed E-state index contributed by atoms with van der Waals surface area (Å²) in [6.07, 6.45) is -12.9. The molecule has 4 fully saturated rings. The average molecular weight is 821 g/mol. The summed E-state index contributed by atoms with van der Waals surface area (Å²) in [7, 11) is 0. The SMILES string of the molecule is O=C(O)C1CCC(C(=O)O)C(C(=O)NC2CCC(OCC(COOC3CCC(C(NO)C4CC(C(=O)O)CCC4C(=O)O)CC3)(C(F)(F)F)C(F)(F)F)CC2)C1. The van der Waals surface area contributed by atoms with E-state index in [0.29, 0.717) is 0 Å². The number of nitrogens with one attached hydrogen (secondary N) is 2. The van der Waals surface area contributed by atoms with Crippen LogP contribution in [0.4, 0.5) is 26.3 Å². The van der Waals surface area contributed by atoms with E-state index in [1.54, 1.807) is 0 Å². The van der Waals surface area contributed by atoms with Crippen molar-refractivity contribution in [1.29, 1.82) is 0 Å². The second kappa shape index (κ2) is 19.0. The zero-order valence-corrected chi connectivity index (χ0v) is 30.4. The number of carboxylic acids is 4. The van der Waals surface area contributed by atoms with E-state index >= 15 is 0 Å². The van der Waals surface area contributed by atoms with Crippen LogP contribution >= 0.6 is 0 Å². The first-order valence-corrected chi connectivity index (χ1v) is 18.8. The Balaban J connectivity index is 1.30. The summed E-state index contributed by atoms with van der Waals surface area (Å²) >= 11 is 0. The molecule has 0 aromatic rings. The van der Waals surface area contributed by atoms with Crippen LogP contribution in [0.15, 0.2) is 0 Å². The summed E-state index contributed by atoms with van der Waals surface area (Å²) in [6, 6.07) is -1.42. The maximum Gasteiger partial charge on any atom is 0.407 e. The molecule has 1 amide bonds. The number of hydrogen-bond donors (Lipinski definition) is 7. The van der Waals surface area contributed by atoms with Crippen LogP contribution in [0.5, 0.6) is 0 Å². The standard InChI is InChI=1S/C35H50F6N2O13/c36-34(37,38)33(35(39,40)41,15-54-21-9-5-20(6-10-21)42-28(44)26-14-19(30(47)48)4-12-24(26)32(51)52)16-55-56-22-7-1-17(2-8-22)27(43-53)25-13-18(29(45)46)3-11-23(25)31(49)50/h17-27,43,53H,1-16H2,(H,42,44)(H,45,46)(H,47,48)(H,49,50)(H,51,52). The first-order valence-electron chi connectivity index (χ1n) is 18.8. The number of rotatable bonds is 16. The highest BCUT2D eigenvalue weighted by Crippen LogP contribution is 2.51. The minimum absolute atomic E-state index is 0.00691. The molecule has 0 bridgehead atoms. The van der Waals surface area contributed by atoms with E-state index < -0.39 is 126 Å². The second-order valence-electron chi connectivity index (χ2n) is 15.8. The summed E-state index contributed by atoms with van der Waals surface area (Å²) < 4.78 is 91.0. The molecular formula is C35H50F6N2O13. The number of halogens is 6.